The highest BCUT2D eigenvalue weighted by atomic mass is 35.5. The van der Waals surface area contributed by atoms with E-state index in [1.165, 1.54) is 24.9 Å². The molecular weight excluding hydrogens is 232 g/mol. The van der Waals surface area contributed by atoms with E-state index in [0.29, 0.717) is 6.04 Å². The van der Waals surface area contributed by atoms with Crippen LogP contribution in [0, 0.1) is 0 Å². The summed E-state index contributed by atoms with van der Waals surface area (Å²) in [5.41, 5.74) is 1.24. The molecule has 1 unspecified atom stereocenters. The lowest BCUT2D eigenvalue weighted by Crippen LogP contribution is -2.32. The van der Waals surface area contributed by atoms with Crippen LogP contribution in [0.1, 0.15) is 25.3 Å². The molecule has 0 aromatic heterocycles. The van der Waals surface area contributed by atoms with Crippen molar-refractivity contribution < 1.29 is 0 Å². The molecule has 1 aliphatic rings. The molecule has 1 aromatic carbocycles. The molecule has 1 aliphatic heterocycles. The van der Waals surface area contributed by atoms with Gasteiger partial charge in [-0.15, -0.1) is 0 Å². The van der Waals surface area contributed by atoms with Crippen LogP contribution in [0.5, 0.6) is 0 Å². The molecule has 1 heterocycles. The zero-order valence-electron chi connectivity index (χ0n) is 10.5. The van der Waals surface area contributed by atoms with Crippen LogP contribution in [0.3, 0.4) is 0 Å². The first-order chi connectivity index (χ1) is 8.29. The summed E-state index contributed by atoms with van der Waals surface area (Å²) in [6, 6.07) is 8.80. The van der Waals surface area contributed by atoms with E-state index in [0.717, 1.165) is 24.7 Å². The highest BCUT2D eigenvalue weighted by Gasteiger charge is 2.21. The van der Waals surface area contributed by atoms with Crippen molar-refractivity contribution in [2.24, 2.45) is 0 Å². The van der Waals surface area contributed by atoms with Gasteiger partial charge in [-0.2, -0.15) is 0 Å². The summed E-state index contributed by atoms with van der Waals surface area (Å²) in [5, 5.41) is 4.47. The van der Waals surface area contributed by atoms with Gasteiger partial charge in [0.05, 0.1) is 0 Å². The minimum Gasteiger partial charge on any atom is -0.313 e. The van der Waals surface area contributed by atoms with Crippen molar-refractivity contribution in [3.05, 3.63) is 34.9 Å². The lowest BCUT2D eigenvalue weighted by molar-refractivity contribution is 0.320. The molecule has 2 rings (SSSR count). The molecule has 1 aromatic rings. The summed E-state index contributed by atoms with van der Waals surface area (Å²) < 4.78 is 0. The molecule has 1 atom stereocenters. The SMILES string of the molecule is CCCNC1CCN(Cc2ccccc2Cl)C1. The molecule has 0 amide bonds. The van der Waals surface area contributed by atoms with Crippen LogP contribution >= 0.6 is 11.6 Å². The number of nitrogens with zero attached hydrogens (tertiary/aromatic N) is 1. The van der Waals surface area contributed by atoms with Gasteiger partial charge in [-0.1, -0.05) is 36.7 Å². The van der Waals surface area contributed by atoms with Crippen molar-refractivity contribution in [1.82, 2.24) is 10.2 Å². The predicted octanol–water partition coefficient (Wildman–Crippen LogP) is 2.91. The summed E-state index contributed by atoms with van der Waals surface area (Å²) in [6.07, 6.45) is 2.46. The highest BCUT2D eigenvalue weighted by molar-refractivity contribution is 6.31. The maximum absolute atomic E-state index is 6.18. The fourth-order valence-electron chi connectivity index (χ4n) is 2.36. The van der Waals surface area contributed by atoms with Gasteiger partial charge >= 0.3 is 0 Å². The minimum atomic E-state index is 0.664. The van der Waals surface area contributed by atoms with E-state index in [2.05, 4.69) is 29.3 Å². The van der Waals surface area contributed by atoms with Crippen molar-refractivity contribution in [3.8, 4) is 0 Å². The van der Waals surface area contributed by atoms with Gasteiger partial charge in [0.25, 0.3) is 0 Å². The third-order valence-corrected chi connectivity index (χ3v) is 3.68. The van der Waals surface area contributed by atoms with E-state index in [1.54, 1.807) is 0 Å². The standard InChI is InChI=1S/C14H21ClN2/c1-2-8-16-13-7-9-17(11-13)10-12-5-3-4-6-14(12)15/h3-6,13,16H,2,7-11H2,1H3. The van der Waals surface area contributed by atoms with E-state index < -0.39 is 0 Å². The van der Waals surface area contributed by atoms with Crippen molar-refractivity contribution in [3.63, 3.8) is 0 Å². The van der Waals surface area contributed by atoms with Crippen LogP contribution in [-0.4, -0.2) is 30.6 Å². The molecule has 1 saturated heterocycles. The molecular formula is C14H21ClN2. The van der Waals surface area contributed by atoms with E-state index in [-0.39, 0.29) is 0 Å². The van der Waals surface area contributed by atoms with Crippen molar-refractivity contribution in [1.29, 1.82) is 0 Å². The average molecular weight is 253 g/mol. The van der Waals surface area contributed by atoms with E-state index >= 15 is 0 Å². The minimum absolute atomic E-state index is 0.664. The Morgan fingerprint density at radius 2 is 2.24 bits per heavy atom. The van der Waals surface area contributed by atoms with Gasteiger partial charge in [0.15, 0.2) is 0 Å². The smallest absolute Gasteiger partial charge is 0.0451 e. The average Bonchev–Trinajstić information content (AvgIpc) is 2.77. The summed E-state index contributed by atoms with van der Waals surface area (Å²) >= 11 is 6.18. The summed E-state index contributed by atoms with van der Waals surface area (Å²) in [4.78, 5) is 2.48. The van der Waals surface area contributed by atoms with Crippen LogP contribution in [0.2, 0.25) is 5.02 Å². The molecule has 0 spiro atoms. The fourth-order valence-corrected chi connectivity index (χ4v) is 2.55. The molecule has 0 aliphatic carbocycles. The van der Waals surface area contributed by atoms with Gasteiger partial charge in [-0.3, -0.25) is 4.90 Å². The second kappa shape index (κ2) is 6.39. The number of benzene rings is 1. The first kappa shape index (κ1) is 12.9. The van der Waals surface area contributed by atoms with E-state index in [9.17, 15) is 0 Å². The second-order valence-corrected chi connectivity index (χ2v) is 5.17. The number of rotatable bonds is 5. The number of nitrogens with one attached hydrogen (secondary N) is 1. The number of hydrogen-bond acceptors (Lipinski definition) is 2. The third kappa shape index (κ3) is 3.70. The molecule has 17 heavy (non-hydrogen) atoms. The zero-order chi connectivity index (χ0) is 12.1. The lowest BCUT2D eigenvalue weighted by Gasteiger charge is -2.17. The van der Waals surface area contributed by atoms with E-state index in [4.69, 9.17) is 11.6 Å². The number of likely N-dealkylation sites (tertiary alicyclic amines) is 1. The summed E-state index contributed by atoms with van der Waals surface area (Å²) in [6.45, 7) is 6.63. The maximum atomic E-state index is 6.18. The van der Waals surface area contributed by atoms with Crippen LogP contribution in [0.15, 0.2) is 24.3 Å². The van der Waals surface area contributed by atoms with Gasteiger partial charge < -0.3 is 5.32 Å². The Kier molecular flexibility index (Phi) is 4.84. The van der Waals surface area contributed by atoms with Gasteiger partial charge in [-0.05, 0) is 31.0 Å². The quantitative estimate of drug-likeness (QED) is 0.867. The Bertz CT molecular complexity index is 354. The van der Waals surface area contributed by atoms with Gasteiger partial charge in [0.2, 0.25) is 0 Å². The molecule has 0 saturated carbocycles. The maximum Gasteiger partial charge on any atom is 0.0451 e. The molecule has 1 fully saturated rings. The second-order valence-electron chi connectivity index (χ2n) is 4.77. The molecule has 2 nitrogen and oxygen atoms in total. The third-order valence-electron chi connectivity index (χ3n) is 3.31. The molecule has 0 radical (unpaired) electrons. The Labute approximate surface area is 109 Å². The predicted molar refractivity (Wildman–Crippen MR) is 73.4 cm³/mol. The number of hydrogen-bond donors (Lipinski definition) is 1. The van der Waals surface area contributed by atoms with E-state index in [1.807, 2.05) is 12.1 Å². The summed E-state index contributed by atoms with van der Waals surface area (Å²) in [7, 11) is 0. The fraction of sp³-hybridized carbons (Fsp3) is 0.571. The molecule has 94 valence electrons. The first-order valence-corrected chi connectivity index (χ1v) is 6.86. The molecule has 0 bridgehead atoms. The Balaban J connectivity index is 1.83. The first-order valence-electron chi connectivity index (χ1n) is 6.48. The highest BCUT2D eigenvalue weighted by Crippen LogP contribution is 2.19. The van der Waals surface area contributed by atoms with Crippen molar-refractivity contribution in [2.75, 3.05) is 19.6 Å². The zero-order valence-corrected chi connectivity index (χ0v) is 11.2. The number of halogens is 1. The van der Waals surface area contributed by atoms with Crippen molar-refractivity contribution >= 4 is 11.6 Å². The van der Waals surface area contributed by atoms with Crippen LogP contribution < -0.4 is 5.32 Å². The lowest BCUT2D eigenvalue weighted by atomic mass is 10.2. The molecule has 1 N–H and O–H groups in total. The van der Waals surface area contributed by atoms with Gasteiger partial charge in [-0.25, -0.2) is 0 Å². The van der Waals surface area contributed by atoms with Gasteiger partial charge in [0, 0.05) is 30.7 Å². The Morgan fingerprint density at radius 1 is 1.41 bits per heavy atom. The monoisotopic (exact) mass is 252 g/mol. The normalized spacial score (nSPS) is 20.9. The Hall–Kier alpha value is -0.570. The molecule has 3 heteroatoms. The van der Waals surface area contributed by atoms with Crippen LogP contribution in [0.4, 0.5) is 0 Å². The summed E-state index contributed by atoms with van der Waals surface area (Å²) in [5.74, 6) is 0. The van der Waals surface area contributed by atoms with Crippen LogP contribution in [0.25, 0.3) is 0 Å². The van der Waals surface area contributed by atoms with Gasteiger partial charge in [0.1, 0.15) is 0 Å². The van der Waals surface area contributed by atoms with Crippen LogP contribution in [-0.2, 0) is 6.54 Å². The Morgan fingerprint density at radius 3 is 3.00 bits per heavy atom. The topological polar surface area (TPSA) is 15.3 Å². The van der Waals surface area contributed by atoms with Crippen molar-refractivity contribution in [2.45, 2.75) is 32.4 Å². The largest absolute Gasteiger partial charge is 0.313 e.